The van der Waals surface area contributed by atoms with E-state index in [1.165, 1.54) is 20.8 Å². The second-order valence-electron chi connectivity index (χ2n) is 10.8. The summed E-state index contributed by atoms with van der Waals surface area (Å²) < 4.78 is 16.0. The molecular weight excluding hydrogens is 602 g/mol. The smallest absolute Gasteiger partial charge is 0.409 e. The van der Waals surface area contributed by atoms with Gasteiger partial charge in [-0.2, -0.15) is 0 Å². The number of carboxylic acids is 1. The number of carboxylic acid groups (broad SMARTS) is 1. The first kappa shape index (κ1) is 33.9. The quantitative estimate of drug-likeness (QED) is 0.320. The van der Waals surface area contributed by atoms with E-state index in [0.29, 0.717) is 30.3 Å². The molecule has 15 nitrogen and oxygen atoms in total. The van der Waals surface area contributed by atoms with Crippen molar-refractivity contribution in [2.45, 2.75) is 51.6 Å². The minimum Gasteiger partial charge on any atom is -0.483 e. The highest BCUT2D eigenvalue weighted by molar-refractivity contribution is 5.99. The molecule has 0 spiro atoms. The van der Waals surface area contributed by atoms with Gasteiger partial charge >= 0.3 is 18.0 Å². The predicted octanol–water partition coefficient (Wildman–Crippen LogP) is 1.43. The lowest BCUT2D eigenvalue weighted by Gasteiger charge is -2.35. The number of piperazine rings is 1. The molecule has 0 bridgehead atoms. The van der Waals surface area contributed by atoms with Crippen LogP contribution in [0.2, 0.25) is 0 Å². The maximum absolute atomic E-state index is 13.5. The van der Waals surface area contributed by atoms with Crippen LogP contribution in [0.15, 0.2) is 30.3 Å². The minimum atomic E-state index is -1.17. The van der Waals surface area contributed by atoms with Crippen molar-refractivity contribution in [3.63, 3.8) is 0 Å². The van der Waals surface area contributed by atoms with Crippen molar-refractivity contribution < 1.29 is 48.1 Å². The number of hydrogen-bond donors (Lipinski definition) is 2. The van der Waals surface area contributed by atoms with Crippen LogP contribution in [0.3, 0.4) is 0 Å². The number of hydrogen-bond acceptors (Lipinski definition) is 10. The van der Waals surface area contributed by atoms with Crippen molar-refractivity contribution in [2.75, 3.05) is 52.5 Å². The lowest BCUT2D eigenvalue weighted by molar-refractivity contribution is -0.153. The summed E-state index contributed by atoms with van der Waals surface area (Å²) >= 11 is 0. The molecule has 0 aliphatic carbocycles. The fraction of sp³-hybridized carbons (Fsp3) is 0.516. The van der Waals surface area contributed by atoms with E-state index < -0.39 is 54.4 Å². The van der Waals surface area contributed by atoms with E-state index in [-0.39, 0.29) is 63.7 Å². The van der Waals surface area contributed by atoms with E-state index in [0.717, 1.165) is 0 Å². The summed E-state index contributed by atoms with van der Waals surface area (Å²) in [7, 11) is 0. The molecule has 2 unspecified atom stereocenters. The molecule has 1 aromatic heterocycles. The van der Waals surface area contributed by atoms with Crippen LogP contribution in [-0.2, 0) is 28.7 Å². The first-order chi connectivity index (χ1) is 22.1. The van der Waals surface area contributed by atoms with E-state index in [1.807, 2.05) is 0 Å². The first-order valence-corrected chi connectivity index (χ1v) is 15.3. The molecule has 2 fully saturated rings. The summed E-state index contributed by atoms with van der Waals surface area (Å²) in [5.74, 6) is -3.04. The summed E-state index contributed by atoms with van der Waals surface area (Å²) in [6.07, 6.45) is 0.133. The lowest BCUT2D eigenvalue weighted by atomic mass is 10.1. The zero-order chi connectivity index (χ0) is 33.2. The number of amides is 4. The fourth-order valence-electron chi connectivity index (χ4n) is 5.45. The van der Waals surface area contributed by atoms with Crippen LogP contribution in [0.4, 0.5) is 4.79 Å². The van der Waals surface area contributed by atoms with Crippen LogP contribution < -0.4 is 10.1 Å². The van der Waals surface area contributed by atoms with Gasteiger partial charge in [0.25, 0.3) is 11.8 Å². The number of pyridine rings is 1. The Balaban J connectivity index is 1.48. The van der Waals surface area contributed by atoms with Gasteiger partial charge in [-0.25, -0.2) is 14.6 Å². The Morgan fingerprint density at radius 1 is 0.978 bits per heavy atom. The van der Waals surface area contributed by atoms with Crippen molar-refractivity contribution in [3.8, 4) is 5.75 Å². The topological polar surface area (TPSA) is 185 Å². The summed E-state index contributed by atoms with van der Waals surface area (Å²) in [4.78, 5) is 84.5. The second-order valence-corrected chi connectivity index (χ2v) is 10.8. The van der Waals surface area contributed by atoms with Crippen LogP contribution in [0.25, 0.3) is 10.9 Å². The zero-order valence-corrected chi connectivity index (χ0v) is 25.9. The number of likely N-dealkylation sites (tertiary alicyclic amines) is 1. The average Bonchev–Trinajstić information content (AvgIpc) is 3.55. The monoisotopic (exact) mass is 641 g/mol. The summed E-state index contributed by atoms with van der Waals surface area (Å²) in [5, 5.41) is 12.4. The normalized spacial score (nSPS) is 16.9. The van der Waals surface area contributed by atoms with Crippen LogP contribution in [0.5, 0.6) is 5.75 Å². The van der Waals surface area contributed by atoms with E-state index in [2.05, 4.69) is 10.3 Å². The van der Waals surface area contributed by atoms with Gasteiger partial charge < -0.3 is 39.3 Å². The highest BCUT2D eigenvalue weighted by Gasteiger charge is 2.35. The zero-order valence-electron chi connectivity index (χ0n) is 25.9. The number of nitrogens with zero attached hydrogens (tertiary/aromatic N) is 4. The molecule has 2 saturated heterocycles. The van der Waals surface area contributed by atoms with Gasteiger partial charge in [-0.15, -0.1) is 0 Å². The minimum absolute atomic E-state index is 0.105. The number of aromatic nitrogens is 1. The Morgan fingerprint density at radius 3 is 2.37 bits per heavy atom. The molecule has 2 N–H and O–H groups in total. The number of para-hydroxylation sites is 1. The maximum Gasteiger partial charge on any atom is 0.409 e. The highest BCUT2D eigenvalue weighted by atomic mass is 16.6. The van der Waals surface area contributed by atoms with Crippen LogP contribution in [0, 0.1) is 0 Å². The number of nitrogens with one attached hydrogen (secondary N) is 1. The summed E-state index contributed by atoms with van der Waals surface area (Å²) in [6, 6.07) is 6.35. The van der Waals surface area contributed by atoms with E-state index in [4.69, 9.17) is 14.2 Å². The lowest BCUT2D eigenvalue weighted by Crippen LogP contribution is -2.56. The number of carbonyl (C=O) groups excluding carboxylic acids is 5. The predicted molar refractivity (Wildman–Crippen MR) is 162 cm³/mol. The number of ether oxygens (including phenoxy) is 3. The van der Waals surface area contributed by atoms with Crippen molar-refractivity contribution >= 4 is 46.7 Å². The van der Waals surface area contributed by atoms with Crippen molar-refractivity contribution in [1.82, 2.24) is 25.0 Å². The standard InChI is InChI=1S/C31H39N5O10/c1-3-44-30(42)24-10-7-13-36(24)26(37)19-46-25-18-23(32-21-9-6-5-8-20(21)25)28(40)33-22(11-12-27(38)39)29(41)34-14-16-35(17-15-34)31(43)45-4-2/h5-6,8-9,18,22,24H,3-4,7,10-17,19H2,1-2H3,(H,33,40)(H,38,39). The van der Waals surface area contributed by atoms with Crippen LogP contribution >= 0.6 is 0 Å². The van der Waals surface area contributed by atoms with Crippen molar-refractivity contribution in [1.29, 1.82) is 0 Å². The highest BCUT2D eigenvalue weighted by Crippen LogP contribution is 2.26. The molecule has 2 aliphatic heterocycles. The third-order valence-electron chi connectivity index (χ3n) is 7.76. The van der Waals surface area contributed by atoms with Gasteiger partial charge in [0.2, 0.25) is 5.91 Å². The molecule has 1 aromatic carbocycles. The Hall–Kier alpha value is -4.95. The molecule has 4 rings (SSSR count). The number of rotatable bonds is 12. The molecule has 248 valence electrons. The second kappa shape index (κ2) is 15.9. The van der Waals surface area contributed by atoms with E-state index >= 15 is 0 Å². The van der Waals surface area contributed by atoms with Crippen molar-refractivity contribution in [3.05, 3.63) is 36.0 Å². The van der Waals surface area contributed by atoms with Gasteiger partial charge in [-0.3, -0.25) is 19.2 Å². The fourth-order valence-corrected chi connectivity index (χ4v) is 5.45. The molecule has 4 amide bonds. The molecule has 3 heterocycles. The molecule has 2 aliphatic rings. The van der Waals surface area contributed by atoms with Gasteiger partial charge in [0.15, 0.2) is 6.61 Å². The van der Waals surface area contributed by atoms with E-state index in [1.54, 1.807) is 38.1 Å². The molecule has 2 atom stereocenters. The van der Waals surface area contributed by atoms with Gasteiger partial charge in [0.1, 0.15) is 23.5 Å². The third-order valence-corrected chi connectivity index (χ3v) is 7.76. The third kappa shape index (κ3) is 8.40. The van der Waals surface area contributed by atoms with Crippen LogP contribution in [0.1, 0.15) is 50.0 Å². The molecule has 0 saturated carbocycles. The number of carbonyl (C=O) groups is 6. The Kier molecular flexibility index (Phi) is 11.7. The summed E-state index contributed by atoms with van der Waals surface area (Å²) in [6.45, 7) is 4.64. The molecular formula is C31H39N5O10. The molecule has 0 radical (unpaired) electrons. The SMILES string of the molecule is CCOC(=O)C1CCCN1C(=O)COc1cc(C(=O)NC(CCC(=O)O)C(=O)N2CCN(C(=O)OCC)CC2)nc2ccccc12. The van der Waals surface area contributed by atoms with Crippen LogP contribution in [-0.4, -0.2) is 125 Å². The summed E-state index contributed by atoms with van der Waals surface area (Å²) in [5.41, 5.74) is 0.290. The van der Waals surface area contributed by atoms with Gasteiger partial charge in [-0.1, -0.05) is 12.1 Å². The largest absolute Gasteiger partial charge is 0.483 e. The van der Waals surface area contributed by atoms with Crippen molar-refractivity contribution in [2.24, 2.45) is 0 Å². The van der Waals surface area contributed by atoms with Gasteiger partial charge in [0, 0.05) is 50.6 Å². The Morgan fingerprint density at radius 2 is 1.67 bits per heavy atom. The number of aliphatic carboxylic acids is 1. The first-order valence-electron chi connectivity index (χ1n) is 15.3. The maximum atomic E-state index is 13.5. The Bertz CT molecular complexity index is 1460. The number of benzene rings is 1. The van der Waals surface area contributed by atoms with E-state index in [9.17, 15) is 33.9 Å². The number of fused-ring (bicyclic) bond motifs is 1. The molecule has 15 heteroatoms. The van der Waals surface area contributed by atoms with Gasteiger partial charge in [-0.05, 0) is 45.2 Å². The van der Waals surface area contributed by atoms with Gasteiger partial charge in [0.05, 0.1) is 18.7 Å². The molecule has 2 aromatic rings. The number of esters is 1. The average molecular weight is 642 g/mol. The Labute approximate surface area is 265 Å². The molecule has 46 heavy (non-hydrogen) atoms.